The summed E-state index contributed by atoms with van der Waals surface area (Å²) in [5, 5.41) is 3.07. The lowest BCUT2D eigenvalue weighted by atomic mass is 10.2. The SMILES string of the molecule is CC(C(=O)Nc1ccc(N2CCOCC2)cc1)N1CCN(c2ccccc2)CC1. The van der Waals surface area contributed by atoms with Crippen LogP contribution in [0.15, 0.2) is 54.6 Å². The molecule has 0 saturated carbocycles. The molecule has 2 saturated heterocycles. The van der Waals surface area contributed by atoms with E-state index in [1.165, 1.54) is 11.4 Å². The average Bonchev–Trinajstić information content (AvgIpc) is 2.80. The number of nitrogens with one attached hydrogen (secondary N) is 1. The number of anilines is 3. The van der Waals surface area contributed by atoms with Crippen molar-refractivity contribution in [3.8, 4) is 0 Å². The number of nitrogens with zero attached hydrogens (tertiary/aromatic N) is 3. The number of para-hydroxylation sites is 1. The van der Waals surface area contributed by atoms with Gasteiger partial charge in [-0.2, -0.15) is 0 Å². The highest BCUT2D eigenvalue weighted by Crippen LogP contribution is 2.20. The van der Waals surface area contributed by atoms with E-state index in [-0.39, 0.29) is 11.9 Å². The lowest BCUT2D eigenvalue weighted by molar-refractivity contribution is -0.120. The lowest BCUT2D eigenvalue weighted by Gasteiger charge is -2.38. The smallest absolute Gasteiger partial charge is 0.241 e. The number of benzene rings is 2. The van der Waals surface area contributed by atoms with Gasteiger partial charge in [0.25, 0.3) is 0 Å². The van der Waals surface area contributed by atoms with Crippen LogP contribution in [0.5, 0.6) is 0 Å². The Labute approximate surface area is 173 Å². The van der Waals surface area contributed by atoms with Crippen LogP contribution in [0.2, 0.25) is 0 Å². The Hall–Kier alpha value is -2.57. The molecule has 0 radical (unpaired) electrons. The van der Waals surface area contributed by atoms with Crippen LogP contribution >= 0.6 is 0 Å². The first-order valence-corrected chi connectivity index (χ1v) is 10.5. The second-order valence-corrected chi connectivity index (χ2v) is 7.67. The van der Waals surface area contributed by atoms with Crippen molar-refractivity contribution in [1.82, 2.24) is 4.90 Å². The van der Waals surface area contributed by atoms with Crippen molar-refractivity contribution in [1.29, 1.82) is 0 Å². The van der Waals surface area contributed by atoms with Crippen LogP contribution in [0.3, 0.4) is 0 Å². The van der Waals surface area contributed by atoms with Crippen LogP contribution in [0.1, 0.15) is 6.92 Å². The molecule has 154 valence electrons. The number of hydrogen-bond donors (Lipinski definition) is 1. The van der Waals surface area contributed by atoms with Crippen molar-refractivity contribution in [3.63, 3.8) is 0 Å². The van der Waals surface area contributed by atoms with Gasteiger partial charge in [0.15, 0.2) is 0 Å². The summed E-state index contributed by atoms with van der Waals surface area (Å²) in [4.78, 5) is 19.7. The van der Waals surface area contributed by atoms with Gasteiger partial charge in [-0.3, -0.25) is 9.69 Å². The van der Waals surface area contributed by atoms with Gasteiger partial charge in [0, 0.05) is 56.3 Å². The number of carbonyl (C=O) groups is 1. The average molecular weight is 395 g/mol. The molecule has 2 heterocycles. The topological polar surface area (TPSA) is 48.1 Å². The van der Waals surface area contributed by atoms with Gasteiger partial charge in [-0.05, 0) is 43.3 Å². The molecule has 0 aliphatic carbocycles. The third kappa shape index (κ3) is 4.89. The molecule has 2 aliphatic heterocycles. The molecule has 6 heteroatoms. The van der Waals surface area contributed by atoms with E-state index in [0.717, 1.165) is 58.2 Å². The van der Waals surface area contributed by atoms with E-state index in [9.17, 15) is 4.79 Å². The third-order valence-electron chi connectivity index (χ3n) is 5.87. The first kappa shape index (κ1) is 19.7. The predicted molar refractivity (Wildman–Crippen MR) is 118 cm³/mol. The molecule has 1 N–H and O–H groups in total. The van der Waals surface area contributed by atoms with Crippen molar-refractivity contribution < 1.29 is 9.53 Å². The summed E-state index contributed by atoms with van der Waals surface area (Å²) >= 11 is 0. The van der Waals surface area contributed by atoms with E-state index in [1.807, 2.05) is 25.1 Å². The van der Waals surface area contributed by atoms with E-state index in [2.05, 4.69) is 56.4 Å². The van der Waals surface area contributed by atoms with Crippen molar-refractivity contribution in [2.45, 2.75) is 13.0 Å². The first-order chi connectivity index (χ1) is 14.2. The highest BCUT2D eigenvalue weighted by atomic mass is 16.5. The number of carbonyl (C=O) groups excluding carboxylic acids is 1. The zero-order chi connectivity index (χ0) is 20.1. The number of hydrogen-bond acceptors (Lipinski definition) is 5. The molecule has 29 heavy (non-hydrogen) atoms. The van der Waals surface area contributed by atoms with Crippen LogP contribution in [-0.2, 0) is 9.53 Å². The molecule has 6 nitrogen and oxygen atoms in total. The molecular weight excluding hydrogens is 364 g/mol. The van der Waals surface area contributed by atoms with Crippen molar-refractivity contribution in [2.24, 2.45) is 0 Å². The van der Waals surface area contributed by atoms with Gasteiger partial charge in [-0.25, -0.2) is 0 Å². The van der Waals surface area contributed by atoms with E-state index >= 15 is 0 Å². The van der Waals surface area contributed by atoms with Crippen molar-refractivity contribution >= 4 is 23.0 Å². The molecule has 2 fully saturated rings. The van der Waals surface area contributed by atoms with E-state index < -0.39 is 0 Å². The Morgan fingerprint density at radius 2 is 1.41 bits per heavy atom. The van der Waals surface area contributed by atoms with E-state index in [4.69, 9.17) is 4.74 Å². The van der Waals surface area contributed by atoms with Gasteiger partial charge in [0.05, 0.1) is 19.3 Å². The van der Waals surface area contributed by atoms with Gasteiger partial charge >= 0.3 is 0 Å². The summed E-state index contributed by atoms with van der Waals surface area (Å²) in [6.45, 7) is 9.02. The Morgan fingerprint density at radius 1 is 0.828 bits per heavy atom. The maximum absolute atomic E-state index is 12.8. The highest BCUT2D eigenvalue weighted by molar-refractivity contribution is 5.94. The molecule has 0 bridgehead atoms. The molecule has 2 aromatic carbocycles. The third-order valence-corrected chi connectivity index (χ3v) is 5.87. The number of amides is 1. The maximum Gasteiger partial charge on any atom is 0.241 e. The summed E-state index contributed by atoms with van der Waals surface area (Å²) in [7, 11) is 0. The highest BCUT2D eigenvalue weighted by Gasteiger charge is 2.25. The number of morpholine rings is 1. The second-order valence-electron chi connectivity index (χ2n) is 7.67. The molecule has 0 aromatic heterocycles. The second kappa shape index (κ2) is 9.29. The van der Waals surface area contributed by atoms with Crippen LogP contribution in [0.4, 0.5) is 17.1 Å². The number of ether oxygens (including phenoxy) is 1. The van der Waals surface area contributed by atoms with Crippen LogP contribution in [0.25, 0.3) is 0 Å². The standard InChI is InChI=1S/C23H30N4O2/c1-19(25-11-13-26(14-12-25)21-5-3-2-4-6-21)23(28)24-20-7-9-22(10-8-20)27-15-17-29-18-16-27/h2-10,19H,11-18H2,1H3,(H,24,28). The van der Waals surface area contributed by atoms with Gasteiger partial charge in [-0.1, -0.05) is 18.2 Å². The monoisotopic (exact) mass is 394 g/mol. The van der Waals surface area contributed by atoms with E-state index in [0.29, 0.717) is 0 Å². The van der Waals surface area contributed by atoms with Crippen LogP contribution in [-0.4, -0.2) is 69.3 Å². The number of rotatable bonds is 5. The van der Waals surface area contributed by atoms with Crippen LogP contribution < -0.4 is 15.1 Å². The molecule has 2 aliphatic rings. The van der Waals surface area contributed by atoms with Crippen molar-refractivity contribution in [3.05, 3.63) is 54.6 Å². The fraction of sp³-hybridized carbons (Fsp3) is 0.435. The largest absolute Gasteiger partial charge is 0.378 e. The van der Waals surface area contributed by atoms with Gasteiger partial charge < -0.3 is 19.9 Å². The Bertz CT molecular complexity index is 782. The Morgan fingerprint density at radius 3 is 2.07 bits per heavy atom. The maximum atomic E-state index is 12.8. The molecule has 0 spiro atoms. The first-order valence-electron chi connectivity index (χ1n) is 10.5. The summed E-state index contributed by atoms with van der Waals surface area (Å²) in [5.74, 6) is 0.0530. The summed E-state index contributed by atoms with van der Waals surface area (Å²) in [5.41, 5.74) is 3.28. The minimum Gasteiger partial charge on any atom is -0.378 e. The quantitative estimate of drug-likeness (QED) is 0.845. The van der Waals surface area contributed by atoms with Gasteiger partial charge in [-0.15, -0.1) is 0 Å². The summed E-state index contributed by atoms with van der Waals surface area (Å²) in [6, 6.07) is 18.5. The zero-order valence-electron chi connectivity index (χ0n) is 17.1. The lowest BCUT2D eigenvalue weighted by Crippen LogP contribution is -2.52. The normalized spacial score (nSPS) is 19.1. The predicted octanol–water partition coefficient (Wildman–Crippen LogP) is 2.67. The van der Waals surface area contributed by atoms with E-state index in [1.54, 1.807) is 0 Å². The van der Waals surface area contributed by atoms with Gasteiger partial charge in [0.1, 0.15) is 0 Å². The Balaban J connectivity index is 1.28. The fourth-order valence-corrected chi connectivity index (χ4v) is 4.00. The molecule has 1 atom stereocenters. The minimum atomic E-state index is -0.146. The van der Waals surface area contributed by atoms with Crippen molar-refractivity contribution in [2.75, 3.05) is 67.6 Å². The zero-order valence-corrected chi connectivity index (χ0v) is 17.1. The minimum absolute atomic E-state index is 0.0530. The summed E-state index contributed by atoms with van der Waals surface area (Å²) in [6.07, 6.45) is 0. The Kier molecular flexibility index (Phi) is 6.32. The molecule has 2 aromatic rings. The molecule has 1 amide bonds. The number of piperazine rings is 1. The van der Waals surface area contributed by atoms with Gasteiger partial charge in [0.2, 0.25) is 5.91 Å². The molecule has 4 rings (SSSR count). The fourth-order valence-electron chi connectivity index (χ4n) is 4.00. The van der Waals surface area contributed by atoms with Crippen LogP contribution in [0, 0.1) is 0 Å². The molecule has 1 unspecified atom stereocenters. The summed E-state index contributed by atoms with van der Waals surface area (Å²) < 4.78 is 5.41. The molecular formula is C23H30N4O2.